The van der Waals surface area contributed by atoms with E-state index in [1.165, 1.54) is 13.2 Å². The molecule has 0 aliphatic carbocycles. The molecule has 76 valence electrons. The fraction of sp³-hybridized carbons (Fsp3) is 0.300. The lowest BCUT2D eigenvalue weighted by Crippen LogP contribution is -2.25. The maximum absolute atomic E-state index is 13.1. The van der Waals surface area contributed by atoms with Crippen molar-refractivity contribution >= 4 is 5.97 Å². The molecule has 0 aromatic heterocycles. The normalized spacial score (nSPS) is 12.4. The molecule has 0 saturated carbocycles. The van der Waals surface area contributed by atoms with Gasteiger partial charge >= 0.3 is 5.97 Å². The van der Waals surface area contributed by atoms with Gasteiger partial charge in [0.2, 0.25) is 0 Å². The quantitative estimate of drug-likeness (QED) is 0.796. The predicted octanol–water partition coefficient (Wildman–Crippen LogP) is 1.47. The molecule has 1 aromatic carbocycles. The van der Waals surface area contributed by atoms with Crippen molar-refractivity contribution in [3.05, 3.63) is 35.6 Å². The Morgan fingerprint density at radius 3 is 2.71 bits per heavy atom. The van der Waals surface area contributed by atoms with E-state index in [1.54, 1.807) is 18.2 Å². The third-order valence-corrected chi connectivity index (χ3v) is 1.92. The fourth-order valence-corrected chi connectivity index (χ4v) is 1.14. The molecule has 1 unspecified atom stereocenters. The summed E-state index contributed by atoms with van der Waals surface area (Å²) in [5.41, 5.74) is 0.349. The van der Waals surface area contributed by atoms with E-state index in [0.29, 0.717) is 5.56 Å². The standard InChI is InChI=1S/C10H11FO3/c1-14-9(10(12)13)6-7-4-2-3-5-8(7)11/h2-5,9H,6H2,1H3,(H,12,13). The first-order valence-electron chi connectivity index (χ1n) is 4.14. The van der Waals surface area contributed by atoms with Gasteiger partial charge in [0.1, 0.15) is 5.82 Å². The van der Waals surface area contributed by atoms with Crippen molar-refractivity contribution in [2.45, 2.75) is 12.5 Å². The minimum absolute atomic E-state index is 0.0402. The third-order valence-electron chi connectivity index (χ3n) is 1.92. The van der Waals surface area contributed by atoms with Crippen LogP contribution < -0.4 is 0 Å². The highest BCUT2D eigenvalue weighted by atomic mass is 19.1. The minimum Gasteiger partial charge on any atom is -0.479 e. The van der Waals surface area contributed by atoms with Gasteiger partial charge in [0, 0.05) is 13.5 Å². The lowest BCUT2D eigenvalue weighted by molar-refractivity contribution is -0.148. The largest absolute Gasteiger partial charge is 0.479 e. The lowest BCUT2D eigenvalue weighted by atomic mass is 10.1. The lowest BCUT2D eigenvalue weighted by Gasteiger charge is -2.10. The van der Waals surface area contributed by atoms with Crippen molar-refractivity contribution in [2.75, 3.05) is 7.11 Å². The molecule has 1 atom stereocenters. The first-order chi connectivity index (χ1) is 6.65. The van der Waals surface area contributed by atoms with Crippen LogP contribution in [-0.4, -0.2) is 24.3 Å². The summed E-state index contributed by atoms with van der Waals surface area (Å²) in [6.45, 7) is 0. The molecule has 0 heterocycles. The Morgan fingerprint density at radius 1 is 1.57 bits per heavy atom. The van der Waals surface area contributed by atoms with E-state index >= 15 is 0 Å². The van der Waals surface area contributed by atoms with E-state index in [0.717, 1.165) is 0 Å². The summed E-state index contributed by atoms with van der Waals surface area (Å²) in [7, 11) is 1.29. The molecule has 0 fully saturated rings. The highest BCUT2D eigenvalue weighted by Gasteiger charge is 2.18. The van der Waals surface area contributed by atoms with Gasteiger partial charge in [0.15, 0.2) is 6.10 Å². The molecule has 4 heteroatoms. The van der Waals surface area contributed by atoms with E-state index in [2.05, 4.69) is 0 Å². The van der Waals surface area contributed by atoms with E-state index in [-0.39, 0.29) is 6.42 Å². The zero-order valence-electron chi connectivity index (χ0n) is 7.74. The Hall–Kier alpha value is -1.42. The molecular weight excluding hydrogens is 187 g/mol. The first-order valence-corrected chi connectivity index (χ1v) is 4.14. The van der Waals surface area contributed by atoms with Gasteiger partial charge < -0.3 is 9.84 Å². The Kier molecular flexibility index (Phi) is 3.59. The summed E-state index contributed by atoms with van der Waals surface area (Å²) in [6, 6.07) is 6.06. The van der Waals surface area contributed by atoms with E-state index in [1.807, 2.05) is 0 Å². The summed E-state index contributed by atoms with van der Waals surface area (Å²) in [6.07, 6.45) is -0.953. The maximum atomic E-state index is 13.1. The number of benzene rings is 1. The molecule has 0 amide bonds. The first kappa shape index (κ1) is 10.7. The second kappa shape index (κ2) is 4.72. The van der Waals surface area contributed by atoms with Crippen LogP contribution in [0.2, 0.25) is 0 Å². The van der Waals surface area contributed by atoms with Crippen LogP contribution in [0.4, 0.5) is 4.39 Å². The molecule has 14 heavy (non-hydrogen) atoms. The van der Waals surface area contributed by atoms with E-state index < -0.39 is 17.9 Å². The number of halogens is 1. The molecule has 1 aromatic rings. The zero-order valence-corrected chi connectivity index (χ0v) is 7.74. The van der Waals surface area contributed by atoms with Gasteiger partial charge in [-0.25, -0.2) is 9.18 Å². The van der Waals surface area contributed by atoms with Gasteiger partial charge in [-0.15, -0.1) is 0 Å². The Labute approximate surface area is 81.1 Å². The molecular formula is C10H11FO3. The summed E-state index contributed by atoms with van der Waals surface area (Å²) in [5.74, 6) is -1.49. The predicted molar refractivity (Wildman–Crippen MR) is 48.5 cm³/mol. The van der Waals surface area contributed by atoms with Crippen LogP contribution in [0.25, 0.3) is 0 Å². The second-order valence-corrected chi connectivity index (χ2v) is 2.86. The van der Waals surface area contributed by atoms with Gasteiger partial charge in [0.25, 0.3) is 0 Å². The highest BCUT2D eigenvalue weighted by Crippen LogP contribution is 2.10. The van der Waals surface area contributed by atoms with Gasteiger partial charge in [0.05, 0.1) is 0 Å². The topological polar surface area (TPSA) is 46.5 Å². The van der Waals surface area contributed by atoms with Crippen molar-refractivity contribution in [1.29, 1.82) is 0 Å². The summed E-state index contributed by atoms with van der Waals surface area (Å²) < 4.78 is 17.8. The number of hydrogen-bond donors (Lipinski definition) is 1. The maximum Gasteiger partial charge on any atom is 0.333 e. The van der Waals surface area contributed by atoms with Crippen LogP contribution in [0.5, 0.6) is 0 Å². The summed E-state index contributed by atoms with van der Waals surface area (Å²) in [5, 5.41) is 8.68. The van der Waals surface area contributed by atoms with Crippen LogP contribution in [-0.2, 0) is 16.0 Å². The van der Waals surface area contributed by atoms with Gasteiger partial charge in [-0.3, -0.25) is 0 Å². The molecule has 0 aliphatic heterocycles. The molecule has 1 N–H and O–H groups in total. The van der Waals surface area contributed by atoms with Crippen LogP contribution >= 0.6 is 0 Å². The number of hydrogen-bond acceptors (Lipinski definition) is 2. The van der Waals surface area contributed by atoms with E-state index in [9.17, 15) is 9.18 Å². The van der Waals surface area contributed by atoms with Crippen molar-refractivity contribution in [3.8, 4) is 0 Å². The van der Waals surface area contributed by atoms with Crippen molar-refractivity contribution < 1.29 is 19.0 Å². The minimum atomic E-state index is -1.09. The number of carboxylic acids is 1. The van der Waals surface area contributed by atoms with Gasteiger partial charge in [-0.1, -0.05) is 18.2 Å². The zero-order chi connectivity index (χ0) is 10.6. The molecule has 0 radical (unpaired) electrons. The fourth-order valence-electron chi connectivity index (χ4n) is 1.14. The average molecular weight is 198 g/mol. The monoisotopic (exact) mass is 198 g/mol. The Balaban J connectivity index is 2.77. The molecule has 0 bridgehead atoms. The van der Waals surface area contributed by atoms with Crippen LogP contribution in [0.1, 0.15) is 5.56 Å². The number of rotatable bonds is 4. The van der Waals surface area contributed by atoms with Gasteiger partial charge in [-0.05, 0) is 11.6 Å². The van der Waals surface area contributed by atoms with Crippen molar-refractivity contribution in [1.82, 2.24) is 0 Å². The Morgan fingerprint density at radius 2 is 2.21 bits per heavy atom. The third kappa shape index (κ3) is 2.53. The highest BCUT2D eigenvalue weighted by molar-refractivity contribution is 5.72. The summed E-state index contributed by atoms with van der Waals surface area (Å²) >= 11 is 0. The second-order valence-electron chi connectivity index (χ2n) is 2.86. The summed E-state index contributed by atoms with van der Waals surface area (Å²) in [4.78, 5) is 10.6. The van der Waals surface area contributed by atoms with E-state index in [4.69, 9.17) is 9.84 Å². The van der Waals surface area contributed by atoms with Crippen LogP contribution in [0.3, 0.4) is 0 Å². The van der Waals surface area contributed by atoms with Crippen molar-refractivity contribution in [2.24, 2.45) is 0 Å². The Bertz CT molecular complexity index is 325. The molecule has 0 spiro atoms. The molecule has 0 aliphatic rings. The number of aliphatic carboxylic acids is 1. The van der Waals surface area contributed by atoms with Crippen LogP contribution in [0, 0.1) is 5.82 Å². The molecule has 1 rings (SSSR count). The molecule has 3 nitrogen and oxygen atoms in total. The number of methoxy groups -OCH3 is 1. The van der Waals surface area contributed by atoms with Crippen molar-refractivity contribution in [3.63, 3.8) is 0 Å². The number of carboxylic acid groups (broad SMARTS) is 1. The average Bonchev–Trinajstić information content (AvgIpc) is 2.16. The van der Waals surface area contributed by atoms with Crippen LogP contribution in [0.15, 0.2) is 24.3 Å². The molecule has 0 saturated heterocycles. The number of ether oxygens (including phenoxy) is 1. The smallest absolute Gasteiger partial charge is 0.333 e. The van der Waals surface area contributed by atoms with Gasteiger partial charge in [-0.2, -0.15) is 0 Å². The number of carbonyl (C=O) groups is 1. The SMILES string of the molecule is COC(Cc1ccccc1F)C(=O)O.